The molecule has 4 nitrogen and oxygen atoms in total. The van der Waals surface area contributed by atoms with Crippen LogP contribution in [0.2, 0.25) is 0 Å². The first-order valence-electron chi connectivity index (χ1n) is 8.27. The molecule has 4 radical (unpaired) electrons. The zero-order valence-electron chi connectivity index (χ0n) is 13.7. The number of hydrogen-bond donors (Lipinski definition) is 1. The van der Waals surface area contributed by atoms with Gasteiger partial charge >= 0.3 is 0 Å². The van der Waals surface area contributed by atoms with Crippen molar-refractivity contribution in [1.29, 1.82) is 0 Å². The molecule has 2 N–H and O–H groups in total. The molecule has 1 saturated carbocycles. The molecule has 4 rings (SSSR count). The van der Waals surface area contributed by atoms with Crippen LogP contribution in [0.5, 0.6) is 0 Å². The topological polar surface area (TPSA) is 56.8 Å². The van der Waals surface area contributed by atoms with Crippen molar-refractivity contribution in [2.24, 2.45) is 16.1 Å². The maximum atomic E-state index is 6.46. The van der Waals surface area contributed by atoms with Crippen LogP contribution in [0, 0.1) is 5.41 Å². The number of ether oxygens (including phenoxy) is 2. The van der Waals surface area contributed by atoms with Gasteiger partial charge in [-0.15, -0.1) is 0 Å². The standard InChI is InChI=1S/C17H19B2BrN2O2/c1-23-12-4-6-15(7-5-12)9-10-2-3-11(20)8-13(10)16(15)17(18,19)24-14(21)22-16/h2-3,8,12H,4-7,9H2,1H3,(H2,21,22). The molecule has 1 aromatic carbocycles. The van der Waals surface area contributed by atoms with E-state index in [1.54, 1.807) is 7.11 Å². The molecule has 1 aliphatic heterocycles. The minimum absolute atomic E-state index is 0.0704. The first-order chi connectivity index (χ1) is 11.3. The van der Waals surface area contributed by atoms with Crippen LogP contribution in [0.25, 0.3) is 0 Å². The first-order valence-corrected chi connectivity index (χ1v) is 9.07. The summed E-state index contributed by atoms with van der Waals surface area (Å²) in [6, 6.07) is 6.30. The SMILES string of the molecule is [B]C1([B])OC(N)=NC12c1cc(Br)ccc1CC21CCC(OC)CC1. The van der Waals surface area contributed by atoms with Gasteiger partial charge in [0, 0.05) is 17.0 Å². The molecule has 1 heterocycles. The van der Waals surface area contributed by atoms with E-state index in [2.05, 4.69) is 28.1 Å². The number of rotatable bonds is 1. The third-order valence-corrected chi connectivity index (χ3v) is 6.59. The number of benzene rings is 1. The highest BCUT2D eigenvalue weighted by molar-refractivity contribution is 9.10. The van der Waals surface area contributed by atoms with E-state index in [1.165, 1.54) is 5.56 Å². The second-order valence-electron chi connectivity index (χ2n) is 7.25. The normalized spacial score (nSPS) is 36.6. The Labute approximate surface area is 153 Å². The summed E-state index contributed by atoms with van der Waals surface area (Å²) in [7, 11) is 14.7. The summed E-state index contributed by atoms with van der Waals surface area (Å²) in [5.41, 5.74) is 7.12. The minimum Gasteiger partial charge on any atom is -0.476 e. The van der Waals surface area contributed by atoms with Crippen molar-refractivity contribution in [1.82, 2.24) is 0 Å². The number of fused-ring (bicyclic) bond motifs is 3. The van der Waals surface area contributed by atoms with Gasteiger partial charge in [-0.2, -0.15) is 0 Å². The summed E-state index contributed by atoms with van der Waals surface area (Å²) in [6.07, 6.45) is 4.92. The fourth-order valence-corrected chi connectivity index (χ4v) is 5.42. The molecule has 0 aromatic heterocycles. The van der Waals surface area contributed by atoms with Gasteiger partial charge in [-0.25, -0.2) is 4.99 Å². The van der Waals surface area contributed by atoms with E-state index in [1.807, 2.05) is 6.07 Å². The minimum atomic E-state index is -1.46. The molecule has 0 saturated heterocycles. The summed E-state index contributed by atoms with van der Waals surface area (Å²) in [5, 5.41) is -1.46. The van der Waals surface area contributed by atoms with Gasteiger partial charge in [-0.1, -0.05) is 22.0 Å². The van der Waals surface area contributed by atoms with E-state index >= 15 is 0 Å². The number of hydrogen-bond acceptors (Lipinski definition) is 4. The smallest absolute Gasteiger partial charge is 0.281 e. The lowest BCUT2D eigenvalue weighted by Crippen LogP contribution is -2.59. The van der Waals surface area contributed by atoms with Crippen LogP contribution in [-0.4, -0.2) is 40.3 Å². The molecule has 3 aliphatic rings. The fourth-order valence-electron chi connectivity index (χ4n) is 5.06. The highest BCUT2D eigenvalue weighted by Crippen LogP contribution is 2.65. The predicted molar refractivity (Wildman–Crippen MR) is 98.2 cm³/mol. The number of halogens is 1. The molecule has 2 aliphatic carbocycles. The van der Waals surface area contributed by atoms with Crippen molar-refractivity contribution in [3.63, 3.8) is 0 Å². The Hall–Kier alpha value is -0.940. The van der Waals surface area contributed by atoms with Crippen molar-refractivity contribution in [3.8, 4) is 0 Å². The second kappa shape index (κ2) is 5.28. The van der Waals surface area contributed by atoms with E-state index in [-0.39, 0.29) is 17.5 Å². The predicted octanol–water partition coefficient (Wildman–Crippen LogP) is 2.11. The zero-order chi connectivity index (χ0) is 17.2. The highest BCUT2D eigenvalue weighted by atomic mass is 79.9. The van der Waals surface area contributed by atoms with Gasteiger partial charge in [0.25, 0.3) is 6.02 Å². The molecule has 24 heavy (non-hydrogen) atoms. The lowest BCUT2D eigenvalue weighted by atomic mass is 9.45. The van der Waals surface area contributed by atoms with E-state index < -0.39 is 10.9 Å². The summed E-state index contributed by atoms with van der Waals surface area (Å²) in [6.45, 7) is 0. The number of nitrogens with two attached hydrogens (primary N) is 1. The monoisotopic (exact) mass is 384 g/mol. The summed E-state index contributed by atoms with van der Waals surface area (Å²) in [5.74, 6) is 0. The largest absolute Gasteiger partial charge is 0.476 e. The van der Waals surface area contributed by atoms with E-state index in [4.69, 9.17) is 35.9 Å². The van der Waals surface area contributed by atoms with Crippen LogP contribution in [0.1, 0.15) is 36.8 Å². The molecular weight excluding hydrogens is 366 g/mol. The summed E-state index contributed by atoms with van der Waals surface area (Å²) in [4.78, 5) is 4.74. The van der Waals surface area contributed by atoms with Gasteiger partial charge in [-0.3, -0.25) is 0 Å². The molecule has 122 valence electrons. The maximum Gasteiger partial charge on any atom is 0.281 e. The molecule has 1 unspecified atom stereocenters. The Morgan fingerprint density at radius 2 is 2.04 bits per heavy atom. The number of amidine groups is 1. The lowest BCUT2D eigenvalue weighted by molar-refractivity contribution is -0.0256. The quantitative estimate of drug-likeness (QED) is 0.754. The Bertz CT molecular complexity index is 717. The van der Waals surface area contributed by atoms with Crippen LogP contribution in [0.3, 0.4) is 0 Å². The molecule has 1 aromatic rings. The van der Waals surface area contributed by atoms with Crippen LogP contribution in [0.4, 0.5) is 0 Å². The van der Waals surface area contributed by atoms with Gasteiger partial charge in [-0.05, 0) is 55.4 Å². The maximum absolute atomic E-state index is 6.46. The third kappa shape index (κ3) is 2.00. The van der Waals surface area contributed by atoms with E-state index in [9.17, 15) is 0 Å². The first kappa shape index (κ1) is 16.5. The highest BCUT2D eigenvalue weighted by Gasteiger charge is 2.67. The molecule has 0 bridgehead atoms. The van der Waals surface area contributed by atoms with Crippen LogP contribution < -0.4 is 5.73 Å². The van der Waals surface area contributed by atoms with Crippen molar-refractivity contribution in [2.75, 3.05) is 7.11 Å². The van der Waals surface area contributed by atoms with Crippen molar-refractivity contribution >= 4 is 37.6 Å². The lowest BCUT2D eigenvalue weighted by Gasteiger charge is -2.51. The van der Waals surface area contributed by atoms with Crippen molar-refractivity contribution < 1.29 is 9.47 Å². The van der Waals surface area contributed by atoms with Crippen LogP contribution in [0.15, 0.2) is 27.7 Å². The zero-order valence-corrected chi connectivity index (χ0v) is 15.3. The van der Waals surface area contributed by atoms with Crippen LogP contribution >= 0.6 is 15.9 Å². The summed E-state index contributed by atoms with van der Waals surface area (Å²) < 4.78 is 12.1. The fraction of sp³-hybridized carbons (Fsp3) is 0.588. The Morgan fingerprint density at radius 1 is 1.33 bits per heavy atom. The molecule has 0 amide bonds. The molecule has 1 atom stereocenters. The Kier molecular flexibility index (Phi) is 3.63. The third-order valence-electron chi connectivity index (χ3n) is 6.10. The number of aliphatic imine (C=N–C) groups is 1. The second-order valence-corrected chi connectivity index (χ2v) is 8.16. The van der Waals surface area contributed by atoms with Gasteiger partial charge < -0.3 is 15.2 Å². The summed E-state index contributed by atoms with van der Waals surface area (Å²) >= 11 is 3.56. The average Bonchev–Trinajstić information content (AvgIpc) is 2.93. The van der Waals surface area contributed by atoms with Gasteiger partial charge in [0.2, 0.25) is 0 Å². The van der Waals surface area contributed by atoms with Crippen molar-refractivity contribution in [2.45, 2.75) is 49.1 Å². The van der Waals surface area contributed by atoms with Gasteiger partial charge in [0.1, 0.15) is 21.2 Å². The Balaban J connectivity index is 1.90. The molecular formula is C17H19B2BrN2O2. The average molecular weight is 385 g/mol. The number of nitrogens with zero attached hydrogens (tertiary/aromatic N) is 1. The van der Waals surface area contributed by atoms with E-state index in [0.29, 0.717) is 0 Å². The molecule has 1 fully saturated rings. The molecule has 7 heteroatoms. The van der Waals surface area contributed by atoms with Gasteiger partial charge in [0.05, 0.1) is 11.5 Å². The van der Waals surface area contributed by atoms with Crippen LogP contribution in [-0.2, 0) is 21.4 Å². The van der Waals surface area contributed by atoms with Gasteiger partial charge in [0.15, 0.2) is 0 Å². The molecule has 2 spiro atoms. The van der Waals surface area contributed by atoms with Crippen molar-refractivity contribution in [3.05, 3.63) is 33.8 Å². The Morgan fingerprint density at radius 3 is 2.62 bits per heavy atom. The van der Waals surface area contributed by atoms with E-state index in [0.717, 1.165) is 42.1 Å². The number of methoxy groups -OCH3 is 1.